The van der Waals surface area contributed by atoms with Crippen molar-refractivity contribution >= 4 is 17.8 Å². The fourth-order valence-corrected chi connectivity index (χ4v) is 4.16. The van der Waals surface area contributed by atoms with Gasteiger partial charge in [0.1, 0.15) is 12.1 Å². The lowest BCUT2D eigenvalue weighted by molar-refractivity contribution is -0.153. The van der Waals surface area contributed by atoms with Gasteiger partial charge in [-0.3, -0.25) is 19.8 Å². The maximum atomic E-state index is 13.3. The molecule has 0 aliphatic heterocycles. The number of hydrogen-bond acceptors (Lipinski definition) is 6. The van der Waals surface area contributed by atoms with Crippen molar-refractivity contribution in [2.24, 2.45) is 17.8 Å². The Morgan fingerprint density at radius 3 is 2.53 bits per heavy atom. The standard InChI is InChI=1S/C24H35N3O5/c1-4-8-19(23(29)27-31)20(13-16(2)3)22(28)26-21(14-17-9-7-12-25-15-17)24(30)32-18-10-5-6-11-18/h4,7,9,12,15-16,18-21,31H,1,5-6,8,10-11,13-14H2,2-3H3,(H,26,28)(H,27,29)/t19-,20+,21?/m0/s1. The SMILES string of the molecule is C=CC[C@H](C(=O)NO)[C@@H](CC(C)C)C(=O)NC(Cc1cccnc1)C(=O)OC1CCCC1. The number of nitrogens with zero attached hydrogens (tertiary/aromatic N) is 1. The highest BCUT2D eigenvalue weighted by molar-refractivity contribution is 5.90. The number of allylic oxidation sites excluding steroid dienone is 1. The topological polar surface area (TPSA) is 118 Å². The summed E-state index contributed by atoms with van der Waals surface area (Å²) in [5.41, 5.74) is 2.45. The van der Waals surface area contributed by atoms with Crippen molar-refractivity contribution in [1.82, 2.24) is 15.8 Å². The van der Waals surface area contributed by atoms with Gasteiger partial charge in [-0.15, -0.1) is 6.58 Å². The molecule has 1 unspecified atom stereocenters. The smallest absolute Gasteiger partial charge is 0.329 e. The van der Waals surface area contributed by atoms with Crippen LogP contribution < -0.4 is 10.8 Å². The Labute approximate surface area is 189 Å². The first-order valence-electron chi connectivity index (χ1n) is 11.3. The van der Waals surface area contributed by atoms with Crippen LogP contribution in [-0.4, -0.2) is 40.1 Å². The first kappa shape index (κ1) is 25.5. The van der Waals surface area contributed by atoms with E-state index in [0.29, 0.717) is 6.42 Å². The van der Waals surface area contributed by atoms with E-state index in [1.807, 2.05) is 19.9 Å². The summed E-state index contributed by atoms with van der Waals surface area (Å²) in [4.78, 5) is 42.7. The van der Waals surface area contributed by atoms with Gasteiger partial charge in [0.25, 0.3) is 0 Å². The lowest BCUT2D eigenvalue weighted by Crippen LogP contribution is -2.49. The molecule has 0 saturated heterocycles. The van der Waals surface area contributed by atoms with Gasteiger partial charge in [0.2, 0.25) is 11.8 Å². The molecule has 0 bridgehead atoms. The van der Waals surface area contributed by atoms with Crippen LogP contribution in [-0.2, 0) is 25.5 Å². The summed E-state index contributed by atoms with van der Waals surface area (Å²) in [6, 6.07) is 2.70. The summed E-state index contributed by atoms with van der Waals surface area (Å²) in [6.07, 6.45) is 9.26. The van der Waals surface area contributed by atoms with E-state index < -0.39 is 35.7 Å². The number of amides is 2. The van der Waals surface area contributed by atoms with Crippen molar-refractivity contribution in [3.63, 3.8) is 0 Å². The zero-order valence-electron chi connectivity index (χ0n) is 19.0. The Balaban J connectivity index is 2.23. The van der Waals surface area contributed by atoms with Gasteiger partial charge in [-0.2, -0.15) is 0 Å². The van der Waals surface area contributed by atoms with E-state index in [9.17, 15) is 19.6 Å². The highest BCUT2D eigenvalue weighted by atomic mass is 16.5. The summed E-state index contributed by atoms with van der Waals surface area (Å²) < 4.78 is 5.67. The van der Waals surface area contributed by atoms with E-state index in [2.05, 4.69) is 16.9 Å². The van der Waals surface area contributed by atoms with Crippen molar-refractivity contribution < 1.29 is 24.3 Å². The zero-order chi connectivity index (χ0) is 23.5. The average molecular weight is 446 g/mol. The maximum Gasteiger partial charge on any atom is 0.329 e. The van der Waals surface area contributed by atoms with Crippen LogP contribution in [0.25, 0.3) is 0 Å². The number of carbonyl (C=O) groups excluding carboxylic acids is 3. The molecular formula is C24H35N3O5. The molecule has 3 atom stereocenters. The summed E-state index contributed by atoms with van der Waals surface area (Å²) in [5, 5.41) is 12.0. The van der Waals surface area contributed by atoms with Crippen LogP contribution in [0.1, 0.15) is 57.9 Å². The van der Waals surface area contributed by atoms with Gasteiger partial charge in [0, 0.05) is 18.8 Å². The Morgan fingerprint density at radius 1 is 1.25 bits per heavy atom. The molecule has 1 fully saturated rings. The highest BCUT2D eigenvalue weighted by Crippen LogP contribution is 2.26. The molecule has 1 saturated carbocycles. The van der Waals surface area contributed by atoms with Crippen LogP contribution >= 0.6 is 0 Å². The van der Waals surface area contributed by atoms with Crippen molar-refractivity contribution in [1.29, 1.82) is 0 Å². The summed E-state index contributed by atoms with van der Waals surface area (Å²) in [6.45, 7) is 7.56. The average Bonchev–Trinajstić information content (AvgIpc) is 3.28. The number of esters is 1. The van der Waals surface area contributed by atoms with Gasteiger partial charge >= 0.3 is 5.97 Å². The molecule has 1 aliphatic carbocycles. The normalized spacial score (nSPS) is 16.8. The van der Waals surface area contributed by atoms with Gasteiger partial charge in [-0.25, -0.2) is 10.3 Å². The van der Waals surface area contributed by atoms with Gasteiger partial charge < -0.3 is 10.1 Å². The number of hydroxylamine groups is 1. The number of aromatic nitrogens is 1. The molecule has 8 nitrogen and oxygen atoms in total. The summed E-state index contributed by atoms with van der Waals surface area (Å²) in [5.74, 6) is -2.98. The van der Waals surface area contributed by atoms with Crippen molar-refractivity contribution in [3.05, 3.63) is 42.7 Å². The molecule has 0 aromatic carbocycles. The van der Waals surface area contributed by atoms with Crippen molar-refractivity contribution in [2.45, 2.75) is 70.9 Å². The predicted molar refractivity (Wildman–Crippen MR) is 119 cm³/mol. The van der Waals surface area contributed by atoms with Crippen LogP contribution in [0.15, 0.2) is 37.2 Å². The molecule has 32 heavy (non-hydrogen) atoms. The number of pyridine rings is 1. The lowest BCUT2D eigenvalue weighted by atomic mass is 9.82. The Hall–Kier alpha value is -2.74. The molecule has 1 aromatic rings. The third-order valence-corrected chi connectivity index (χ3v) is 5.76. The van der Waals surface area contributed by atoms with Crippen molar-refractivity contribution in [3.8, 4) is 0 Å². The maximum absolute atomic E-state index is 13.3. The van der Waals surface area contributed by atoms with E-state index in [0.717, 1.165) is 31.2 Å². The Morgan fingerprint density at radius 2 is 1.97 bits per heavy atom. The molecule has 176 valence electrons. The molecule has 1 aromatic heterocycles. The number of hydrogen-bond donors (Lipinski definition) is 3. The largest absolute Gasteiger partial charge is 0.461 e. The molecular weight excluding hydrogens is 410 g/mol. The first-order valence-corrected chi connectivity index (χ1v) is 11.3. The van der Waals surface area contributed by atoms with E-state index in [-0.39, 0.29) is 24.9 Å². The molecule has 8 heteroatoms. The number of nitrogens with one attached hydrogen (secondary N) is 2. The monoisotopic (exact) mass is 445 g/mol. The fraction of sp³-hybridized carbons (Fsp3) is 0.583. The number of carbonyl (C=O) groups is 3. The number of rotatable bonds is 12. The second-order valence-corrected chi connectivity index (χ2v) is 8.81. The van der Waals surface area contributed by atoms with Gasteiger partial charge in [0.15, 0.2) is 0 Å². The second-order valence-electron chi connectivity index (χ2n) is 8.81. The van der Waals surface area contributed by atoms with Crippen LogP contribution in [0.2, 0.25) is 0 Å². The molecule has 3 N–H and O–H groups in total. The fourth-order valence-electron chi connectivity index (χ4n) is 4.16. The zero-order valence-corrected chi connectivity index (χ0v) is 19.0. The molecule has 0 radical (unpaired) electrons. The van der Waals surface area contributed by atoms with E-state index in [1.165, 1.54) is 0 Å². The van der Waals surface area contributed by atoms with Gasteiger partial charge in [-0.1, -0.05) is 26.0 Å². The van der Waals surface area contributed by atoms with Crippen molar-refractivity contribution in [2.75, 3.05) is 0 Å². The predicted octanol–water partition coefficient (Wildman–Crippen LogP) is 2.95. The summed E-state index contributed by atoms with van der Waals surface area (Å²) in [7, 11) is 0. The van der Waals surface area contributed by atoms with Crippen LogP contribution in [0.5, 0.6) is 0 Å². The third kappa shape index (κ3) is 7.75. The minimum absolute atomic E-state index is 0.117. The van der Waals surface area contributed by atoms with E-state index in [1.54, 1.807) is 30.0 Å². The first-order chi connectivity index (χ1) is 15.3. The van der Waals surface area contributed by atoms with E-state index >= 15 is 0 Å². The second kappa shape index (κ2) is 13.0. The third-order valence-electron chi connectivity index (χ3n) is 5.76. The molecule has 1 aliphatic rings. The van der Waals surface area contributed by atoms with E-state index in [4.69, 9.17) is 4.74 Å². The molecule has 1 heterocycles. The highest BCUT2D eigenvalue weighted by Gasteiger charge is 2.36. The van der Waals surface area contributed by atoms with Gasteiger partial charge in [-0.05, 0) is 56.1 Å². The quantitative estimate of drug-likeness (QED) is 0.197. The molecule has 0 spiro atoms. The van der Waals surface area contributed by atoms with Crippen LogP contribution in [0.4, 0.5) is 0 Å². The molecule has 2 rings (SSSR count). The number of ether oxygens (including phenoxy) is 1. The van der Waals surface area contributed by atoms with Gasteiger partial charge in [0.05, 0.1) is 11.8 Å². The van der Waals surface area contributed by atoms with Crippen LogP contribution in [0.3, 0.4) is 0 Å². The Bertz CT molecular complexity index is 762. The minimum Gasteiger partial charge on any atom is -0.461 e. The minimum atomic E-state index is -0.900. The lowest BCUT2D eigenvalue weighted by Gasteiger charge is -2.28. The summed E-state index contributed by atoms with van der Waals surface area (Å²) >= 11 is 0. The van der Waals surface area contributed by atoms with Crippen LogP contribution in [0, 0.1) is 17.8 Å². The Kier molecular flexibility index (Phi) is 10.3. The molecule has 2 amide bonds.